The summed E-state index contributed by atoms with van der Waals surface area (Å²) in [7, 11) is 0. The zero-order chi connectivity index (χ0) is 17.9. The minimum absolute atomic E-state index is 0.000641. The molecule has 5 nitrogen and oxygen atoms in total. The van der Waals surface area contributed by atoms with Gasteiger partial charge in [-0.3, -0.25) is 4.79 Å². The third-order valence-corrected chi connectivity index (χ3v) is 5.63. The molecule has 1 unspecified atom stereocenters. The zero-order valence-electron chi connectivity index (χ0n) is 14.8. The van der Waals surface area contributed by atoms with Crippen molar-refractivity contribution in [1.29, 1.82) is 5.26 Å². The van der Waals surface area contributed by atoms with Gasteiger partial charge in [0, 0.05) is 18.5 Å². The van der Waals surface area contributed by atoms with E-state index >= 15 is 0 Å². The molecule has 2 aliphatic rings. The highest BCUT2D eigenvalue weighted by atomic mass is 16.5. The van der Waals surface area contributed by atoms with Crippen molar-refractivity contribution in [2.75, 3.05) is 32.9 Å². The highest BCUT2D eigenvalue weighted by Gasteiger charge is 2.46. The van der Waals surface area contributed by atoms with Gasteiger partial charge in [0.2, 0.25) is 5.91 Å². The van der Waals surface area contributed by atoms with E-state index in [9.17, 15) is 9.90 Å². The number of amides is 1. The minimum atomic E-state index is -0.505. The molecular formula is C20H26N2O3. The summed E-state index contributed by atoms with van der Waals surface area (Å²) < 4.78 is 5.62. The van der Waals surface area contributed by atoms with Crippen molar-refractivity contribution in [3.05, 3.63) is 35.4 Å². The summed E-state index contributed by atoms with van der Waals surface area (Å²) in [5, 5.41) is 18.8. The normalized spacial score (nSPS) is 26.0. The summed E-state index contributed by atoms with van der Waals surface area (Å²) in [5.41, 5.74) is 0.691. The van der Waals surface area contributed by atoms with Crippen LogP contribution in [0, 0.1) is 16.7 Å². The second kappa shape index (κ2) is 7.15. The fourth-order valence-corrected chi connectivity index (χ4v) is 4.12. The molecule has 2 fully saturated rings. The number of carbonyl (C=O) groups is 1. The first-order chi connectivity index (χ1) is 12.0. The number of aliphatic hydroxyl groups is 1. The van der Waals surface area contributed by atoms with E-state index in [0.29, 0.717) is 31.9 Å². The van der Waals surface area contributed by atoms with Crippen LogP contribution in [0.25, 0.3) is 0 Å². The van der Waals surface area contributed by atoms with Crippen LogP contribution in [0.3, 0.4) is 0 Å². The highest BCUT2D eigenvalue weighted by Crippen LogP contribution is 2.43. The number of nitriles is 1. The van der Waals surface area contributed by atoms with Gasteiger partial charge >= 0.3 is 0 Å². The van der Waals surface area contributed by atoms with Crippen LogP contribution >= 0.6 is 0 Å². The molecule has 1 amide bonds. The van der Waals surface area contributed by atoms with Crippen LogP contribution in [0.1, 0.15) is 43.7 Å². The molecule has 1 saturated heterocycles. The molecule has 1 aliphatic heterocycles. The summed E-state index contributed by atoms with van der Waals surface area (Å²) in [5.74, 6) is 0.139. The van der Waals surface area contributed by atoms with Crippen LogP contribution in [-0.4, -0.2) is 48.8 Å². The number of hydrogen-bond acceptors (Lipinski definition) is 4. The van der Waals surface area contributed by atoms with Gasteiger partial charge in [0.05, 0.1) is 36.9 Å². The van der Waals surface area contributed by atoms with Gasteiger partial charge in [-0.1, -0.05) is 31.9 Å². The maximum absolute atomic E-state index is 13.6. The minimum Gasteiger partial charge on any atom is -0.396 e. The highest BCUT2D eigenvalue weighted by molar-refractivity contribution is 5.88. The molecule has 1 aliphatic carbocycles. The molecular weight excluding hydrogens is 316 g/mol. The number of nitrogens with zero attached hydrogens (tertiary/aromatic N) is 2. The van der Waals surface area contributed by atoms with Gasteiger partial charge in [0.1, 0.15) is 0 Å². The zero-order valence-corrected chi connectivity index (χ0v) is 14.8. The third kappa shape index (κ3) is 3.42. The van der Waals surface area contributed by atoms with Gasteiger partial charge in [0.25, 0.3) is 0 Å². The van der Waals surface area contributed by atoms with Crippen molar-refractivity contribution in [3.63, 3.8) is 0 Å². The molecule has 1 N–H and O–H groups in total. The number of rotatable bonds is 3. The Balaban J connectivity index is 1.91. The molecule has 1 saturated carbocycles. The second-order valence-corrected chi connectivity index (χ2v) is 7.73. The topological polar surface area (TPSA) is 73.6 Å². The van der Waals surface area contributed by atoms with Gasteiger partial charge in [-0.25, -0.2) is 0 Å². The second-order valence-electron chi connectivity index (χ2n) is 7.73. The van der Waals surface area contributed by atoms with E-state index in [1.807, 2.05) is 24.0 Å². The first-order valence-electron chi connectivity index (χ1n) is 9.02. The Morgan fingerprint density at radius 3 is 2.60 bits per heavy atom. The van der Waals surface area contributed by atoms with Crippen LogP contribution in [0.5, 0.6) is 0 Å². The molecule has 1 atom stereocenters. The van der Waals surface area contributed by atoms with Gasteiger partial charge in [0.15, 0.2) is 0 Å². The monoisotopic (exact) mass is 342 g/mol. The molecule has 1 aromatic carbocycles. The summed E-state index contributed by atoms with van der Waals surface area (Å²) in [4.78, 5) is 15.4. The number of carbonyl (C=O) groups excluding carboxylic acids is 1. The van der Waals surface area contributed by atoms with E-state index in [1.165, 1.54) is 0 Å². The summed E-state index contributed by atoms with van der Waals surface area (Å²) in [6, 6.07) is 9.60. The van der Waals surface area contributed by atoms with Crippen LogP contribution in [0.4, 0.5) is 0 Å². The SMILES string of the molecule is CC1(CO)COCCN(C(=O)C2(c3ccc(C#N)cc3)CCCC2)C1. The van der Waals surface area contributed by atoms with Crippen LogP contribution < -0.4 is 0 Å². The van der Waals surface area contributed by atoms with Crippen molar-refractivity contribution < 1.29 is 14.6 Å². The van der Waals surface area contributed by atoms with Crippen molar-refractivity contribution in [3.8, 4) is 6.07 Å². The molecule has 5 heteroatoms. The number of ether oxygens (including phenoxy) is 1. The lowest BCUT2D eigenvalue weighted by Gasteiger charge is -2.37. The number of aliphatic hydroxyl groups excluding tert-OH is 1. The van der Waals surface area contributed by atoms with Crippen molar-refractivity contribution in [1.82, 2.24) is 4.90 Å². The molecule has 3 rings (SSSR count). The average molecular weight is 342 g/mol. The Morgan fingerprint density at radius 2 is 2.00 bits per heavy atom. The Morgan fingerprint density at radius 1 is 1.32 bits per heavy atom. The van der Waals surface area contributed by atoms with Crippen molar-refractivity contribution in [2.45, 2.75) is 38.0 Å². The summed E-state index contributed by atoms with van der Waals surface area (Å²) in [6.45, 7) is 4.01. The lowest BCUT2D eigenvalue weighted by Crippen LogP contribution is -2.50. The Hall–Kier alpha value is -1.90. The van der Waals surface area contributed by atoms with Gasteiger partial charge in [-0.05, 0) is 30.5 Å². The fourth-order valence-electron chi connectivity index (χ4n) is 4.12. The Bertz CT molecular complexity index is 659. The van der Waals surface area contributed by atoms with Gasteiger partial charge in [-0.2, -0.15) is 5.26 Å². The largest absolute Gasteiger partial charge is 0.396 e. The number of benzene rings is 1. The number of hydrogen-bond donors (Lipinski definition) is 1. The standard InChI is InChI=1S/C20H26N2O3/c1-19(14-23)13-22(10-11-25-15-19)18(24)20(8-2-3-9-20)17-6-4-16(12-21)5-7-17/h4-7,23H,2-3,8-11,13-15H2,1H3. The fraction of sp³-hybridized carbons (Fsp3) is 0.600. The van der Waals surface area contributed by atoms with E-state index in [0.717, 1.165) is 31.2 Å². The van der Waals surface area contributed by atoms with Crippen LogP contribution in [0.15, 0.2) is 24.3 Å². The molecule has 134 valence electrons. The van der Waals surface area contributed by atoms with E-state index in [1.54, 1.807) is 12.1 Å². The Kier molecular flexibility index (Phi) is 5.12. The third-order valence-electron chi connectivity index (χ3n) is 5.63. The molecule has 0 radical (unpaired) electrons. The van der Waals surface area contributed by atoms with E-state index in [4.69, 9.17) is 10.00 Å². The lowest BCUT2D eigenvalue weighted by molar-refractivity contribution is -0.138. The maximum Gasteiger partial charge on any atom is 0.233 e. The predicted molar refractivity (Wildman–Crippen MR) is 93.9 cm³/mol. The quantitative estimate of drug-likeness (QED) is 0.914. The summed E-state index contributed by atoms with van der Waals surface area (Å²) >= 11 is 0. The average Bonchev–Trinajstić information content (AvgIpc) is 3.06. The van der Waals surface area contributed by atoms with Gasteiger partial charge < -0.3 is 14.7 Å². The van der Waals surface area contributed by atoms with Crippen LogP contribution in [0.2, 0.25) is 0 Å². The Labute approximate surface area is 149 Å². The lowest BCUT2D eigenvalue weighted by atomic mass is 9.76. The van der Waals surface area contributed by atoms with Crippen molar-refractivity contribution >= 4 is 5.91 Å². The van der Waals surface area contributed by atoms with E-state index in [-0.39, 0.29) is 12.5 Å². The van der Waals surface area contributed by atoms with E-state index < -0.39 is 10.8 Å². The summed E-state index contributed by atoms with van der Waals surface area (Å²) in [6.07, 6.45) is 3.75. The van der Waals surface area contributed by atoms with Gasteiger partial charge in [-0.15, -0.1) is 0 Å². The molecule has 0 bridgehead atoms. The van der Waals surface area contributed by atoms with E-state index in [2.05, 4.69) is 6.07 Å². The molecule has 0 aromatic heterocycles. The molecule has 0 spiro atoms. The smallest absolute Gasteiger partial charge is 0.233 e. The van der Waals surface area contributed by atoms with Crippen molar-refractivity contribution in [2.24, 2.45) is 5.41 Å². The molecule has 1 heterocycles. The molecule has 1 aromatic rings. The maximum atomic E-state index is 13.6. The predicted octanol–water partition coefficient (Wildman–Crippen LogP) is 2.23. The first kappa shape index (κ1) is 17.9. The van der Waals surface area contributed by atoms with Crippen LogP contribution in [-0.2, 0) is 14.9 Å². The molecule has 25 heavy (non-hydrogen) atoms. The first-order valence-corrected chi connectivity index (χ1v) is 9.02.